The summed E-state index contributed by atoms with van der Waals surface area (Å²) in [4.78, 5) is 4.38. The summed E-state index contributed by atoms with van der Waals surface area (Å²) in [6.45, 7) is 0. The first kappa shape index (κ1) is 11.3. The van der Waals surface area contributed by atoms with E-state index in [1.165, 1.54) is 10.9 Å². The Hall–Kier alpha value is -1.81. The second-order valence-corrected chi connectivity index (χ2v) is 5.18. The van der Waals surface area contributed by atoms with Gasteiger partial charge in [-0.15, -0.1) is 0 Å². The second kappa shape index (κ2) is 4.14. The van der Waals surface area contributed by atoms with Crippen LogP contribution in [-0.2, 0) is 7.05 Å². The van der Waals surface area contributed by atoms with Crippen molar-refractivity contribution in [3.8, 4) is 11.4 Å². The Morgan fingerprint density at radius 3 is 2.78 bits per heavy atom. The van der Waals surface area contributed by atoms with Crippen LogP contribution in [-0.4, -0.2) is 9.55 Å². The summed E-state index contributed by atoms with van der Waals surface area (Å²) in [5, 5.41) is 1.19. The maximum Gasteiger partial charge on any atom is 0.0887 e. The van der Waals surface area contributed by atoms with Gasteiger partial charge in [-0.25, -0.2) is 0 Å². The molecule has 0 aliphatic carbocycles. The number of aromatic nitrogens is 2. The molecule has 0 saturated heterocycles. The van der Waals surface area contributed by atoms with Gasteiger partial charge >= 0.3 is 0 Å². The van der Waals surface area contributed by atoms with E-state index in [-0.39, 0.29) is 0 Å². The monoisotopic (exact) mass is 301 g/mol. The van der Waals surface area contributed by atoms with Gasteiger partial charge in [-0.2, -0.15) is 0 Å². The Balaban J connectivity index is 2.27. The molecule has 2 heterocycles. The van der Waals surface area contributed by atoms with Gasteiger partial charge in [0.2, 0.25) is 0 Å². The van der Waals surface area contributed by atoms with E-state index < -0.39 is 0 Å². The maximum atomic E-state index is 5.81. The summed E-state index contributed by atoms with van der Waals surface area (Å²) in [7, 11) is 2.04. The number of halogens is 1. The highest BCUT2D eigenvalue weighted by Gasteiger charge is 2.09. The van der Waals surface area contributed by atoms with Crippen LogP contribution in [0.4, 0.5) is 5.69 Å². The van der Waals surface area contributed by atoms with Crippen LogP contribution in [0.2, 0.25) is 0 Å². The molecule has 0 atom stereocenters. The highest BCUT2D eigenvalue weighted by atomic mass is 79.9. The predicted molar refractivity (Wildman–Crippen MR) is 78.3 cm³/mol. The molecule has 0 aliphatic heterocycles. The van der Waals surface area contributed by atoms with Crippen molar-refractivity contribution in [3.63, 3.8) is 0 Å². The van der Waals surface area contributed by atoms with Crippen molar-refractivity contribution in [1.29, 1.82) is 0 Å². The number of aryl methyl sites for hydroxylation is 1. The fourth-order valence-electron chi connectivity index (χ4n) is 2.14. The molecule has 2 aromatic heterocycles. The van der Waals surface area contributed by atoms with E-state index in [0.29, 0.717) is 0 Å². The molecule has 0 aliphatic rings. The lowest BCUT2D eigenvalue weighted by Crippen LogP contribution is -1.94. The summed E-state index contributed by atoms with van der Waals surface area (Å²) >= 11 is 3.49. The third kappa shape index (κ3) is 1.78. The third-order valence-electron chi connectivity index (χ3n) is 3.05. The molecule has 3 nitrogen and oxygen atoms in total. The van der Waals surface area contributed by atoms with Gasteiger partial charge in [0, 0.05) is 34.3 Å². The minimum Gasteiger partial charge on any atom is -0.399 e. The lowest BCUT2D eigenvalue weighted by Gasteiger charge is -2.04. The molecule has 0 unspecified atom stereocenters. The number of rotatable bonds is 1. The highest BCUT2D eigenvalue weighted by Crippen LogP contribution is 2.28. The van der Waals surface area contributed by atoms with Crippen molar-refractivity contribution < 1.29 is 0 Å². The first-order chi connectivity index (χ1) is 8.65. The summed E-state index contributed by atoms with van der Waals surface area (Å²) in [6.07, 6.45) is 1.73. The smallest absolute Gasteiger partial charge is 0.0887 e. The van der Waals surface area contributed by atoms with Crippen LogP contribution in [0.25, 0.3) is 22.3 Å². The van der Waals surface area contributed by atoms with Gasteiger partial charge in [-0.1, -0.05) is 22.0 Å². The summed E-state index contributed by atoms with van der Waals surface area (Å²) in [6, 6.07) is 12.1. The Kier molecular flexibility index (Phi) is 2.59. The van der Waals surface area contributed by atoms with Crippen LogP contribution < -0.4 is 5.73 Å². The third-order valence-corrected chi connectivity index (χ3v) is 3.55. The number of fused-ring (bicyclic) bond motifs is 1. The number of nitrogen functional groups attached to an aromatic ring is 1. The minimum atomic E-state index is 0.728. The molecule has 0 bridgehead atoms. The van der Waals surface area contributed by atoms with Crippen LogP contribution >= 0.6 is 15.9 Å². The van der Waals surface area contributed by atoms with Crippen molar-refractivity contribution in [1.82, 2.24) is 9.55 Å². The van der Waals surface area contributed by atoms with E-state index in [2.05, 4.69) is 43.7 Å². The molecular formula is C14H12BrN3. The fraction of sp³-hybridized carbons (Fsp3) is 0.0714. The Morgan fingerprint density at radius 1 is 1.17 bits per heavy atom. The van der Waals surface area contributed by atoms with Crippen LogP contribution in [0.3, 0.4) is 0 Å². The van der Waals surface area contributed by atoms with Crippen molar-refractivity contribution in [2.24, 2.45) is 7.05 Å². The van der Waals surface area contributed by atoms with Crippen molar-refractivity contribution in [3.05, 3.63) is 47.1 Å². The largest absolute Gasteiger partial charge is 0.399 e. The van der Waals surface area contributed by atoms with Gasteiger partial charge in [0.25, 0.3) is 0 Å². The SMILES string of the molecule is Cn1c(-c2cc(N)ccn2)cc2ccc(Br)cc21. The van der Waals surface area contributed by atoms with E-state index in [1.54, 1.807) is 12.3 Å². The fourth-order valence-corrected chi connectivity index (χ4v) is 2.48. The molecule has 0 spiro atoms. The average molecular weight is 302 g/mol. The van der Waals surface area contributed by atoms with E-state index in [4.69, 9.17) is 5.73 Å². The Bertz CT molecular complexity index is 731. The lowest BCUT2D eigenvalue weighted by atomic mass is 10.2. The topological polar surface area (TPSA) is 43.8 Å². The number of hydrogen-bond donors (Lipinski definition) is 1. The Labute approximate surface area is 113 Å². The van der Waals surface area contributed by atoms with Crippen LogP contribution in [0.1, 0.15) is 0 Å². The number of nitrogens with two attached hydrogens (primary N) is 1. The molecular weight excluding hydrogens is 290 g/mol. The van der Waals surface area contributed by atoms with Gasteiger partial charge in [-0.05, 0) is 30.3 Å². The zero-order valence-corrected chi connectivity index (χ0v) is 11.5. The van der Waals surface area contributed by atoms with Gasteiger partial charge in [0.15, 0.2) is 0 Å². The minimum absolute atomic E-state index is 0.728. The van der Waals surface area contributed by atoms with E-state index in [1.807, 2.05) is 19.2 Å². The van der Waals surface area contributed by atoms with Gasteiger partial charge < -0.3 is 10.3 Å². The maximum absolute atomic E-state index is 5.81. The summed E-state index contributed by atoms with van der Waals surface area (Å²) in [5.74, 6) is 0. The molecule has 1 aromatic carbocycles. The van der Waals surface area contributed by atoms with Crippen molar-refractivity contribution in [2.75, 3.05) is 5.73 Å². The van der Waals surface area contributed by atoms with Gasteiger partial charge in [-0.3, -0.25) is 4.98 Å². The number of nitrogens with zero attached hydrogens (tertiary/aromatic N) is 2. The lowest BCUT2D eigenvalue weighted by molar-refractivity contribution is 0.970. The van der Waals surface area contributed by atoms with Gasteiger partial charge in [0.05, 0.1) is 11.4 Å². The summed E-state index contributed by atoms with van der Waals surface area (Å²) in [5.41, 5.74) is 9.66. The molecule has 0 saturated carbocycles. The molecule has 18 heavy (non-hydrogen) atoms. The van der Waals surface area contributed by atoms with Crippen molar-refractivity contribution in [2.45, 2.75) is 0 Å². The van der Waals surface area contributed by atoms with E-state index >= 15 is 0 Å². The molecule has 3 rings (SSSR count). The average Bonchev–Trinajstić information content (AvgIpc) is 2.67. The quantitative estimate of drug-likeness (QED) is 0.746. The first-order valence-corrected chi connectivity index (χ1v) is 6.41. The van der Waals surface area contributed by atoms with E-state index in [0.717, 1.165) is 21.5 Å². The molecule has 3 aromatic rings. The normalized spacial score (nSPS) is 11.0. The van der Waals surface area contributed by atoms with Crippen LogP contribution in [0.15, 0.2) is 47.1 Å². The number of benzene rings is 1. The van der Waals surface area contributed by atoms with E-state index in [9.17, 15) is 0 Å². The Morgan fingerprint density at radius 2 is 2.00 bits per heavy atom. The zero-order chi connectivity index (χ0) is 12.7. The number of hydrogen-bond acceptors (Lipinski definition) is 2. The number of pyridine rings is 1. The van der Waals surface area contributed by atoms with Crippen LogP contribution in [0, 0.1) is 0 Å². The predicted octanol–water partition coefficient (Wildman–Crippen LogP) is 3.59. The van der Waals surface area contributed by atoms with Crippen LogP contribution in [0.5, 0.6) is 0 Å². The molecule has 0 fully saturated rings. The standard InChI is InChI=1S/C14H12BrN3/c1-18-13-7-10(15)3-2-9(13)6-14(18)12-8-11(16)4-5-17-12/h2-8H,1H3,(H2,16,17). The molecule has 0 radical (unpaired) electrons. The first-order valence-electron chi connectivity index (χ1n) is 5.62. The molecule has 90 valence electrons. The summed E-state index contributed by atoms with van der Waals surface area (Å²) < 4.78 is 3.20. The molecule has 4 heteroatoms. The molecule has 2 N–H and O–H groups in total. The van der Waals surface area contributed by atoms with Gasteiger partial charge in [0.1, 0.15) is 0 Å². The van der Waals surface area contributed by atoms with Crippen molar-refractivity contribution >= 4 is 32.5 Å². The number of anilines is 1. The highest BCUT2D eigenvalue weighted by molar-refractivity contribution is 9.10. The molecule has 0 amide bonds. The second-order valence-electron chi connectivity index (χ2n) is 4.27. The zero-order valence-electron chi connectivity index (χ0n) is 9.89.